The van der Waals surface area contributed by atoms with Gasteiger partial charge in [0.2, 0.25) is 0 Å². The predicted molar refractivity (Wildman–Crippen MR) is 128 cm³/mol. The summed E-state index contributed by atoms with van der Waals surface area (Å²) in [4.78, 5) is 29.3. The molecule has 1 heterocycles. The van der Waals surface area contributed by atoms with E-state index in [1.54, 1.807) is 56.7 Å². The average molecular weight is 464 g/mol. The SMILES string of the molecule is COc1cc(OC)cc(C(=O)N2CCN(c3ccc(NC(=O)c4ccccc4F)cc3)CC2)c1. The van der Waals surface area contributed by atoms with Crippen molar-refractivity contribution in [2.75, 3.05) is 50.6 Å². The number of hydrogen-bond acceptors (Lipinski definition) is 5. The fourth-order valence-electron chi connectivity index (χ4n) is 3.88. The van der Waals surface area contributed by atoms with Crippen molar-refractivity contribution >= 4 is 23.2 Å². The van der Waals surface area contributed by atoms with Crippen LogP contribution in [0.5, 0.6) is 11.5 Å². The molecule has 1 fully saturated rings. The van der Waals surface area contributed by atoms with Crippen molar-refractivity contribution in [2.45, 2.75) is 0 Å². The highest BCUT2D eigenvalue weighted by molar-refractivity contribution is 6.04. The lowest BCUT2D eigenvalue weighted by atomic mass is 10.1. The normalized spacial score (nSPS) is 13.4. The Bertz CT molecular complexity index is 1150. The van der Waals surface area contributed by atoms with Gasteiger partial charge in [-0.05, 0) is 48.5 Å². The van der Waals surface area contributed by atoms with Crippen molar-refractivity contribution in [1.29, 1.82) is 0 Å². The summed E-state index contributed by atoms with van der Waals surface area (Å²) in [5, 5.41) is 2.72. The third kappa shape index (κ3) is 5.11. The van der Waals surface area contributed by atoms with Gasteiger partial charge in [0.05, 0.1) is 19.8 Å². The van der Waals surface area contributed by atoms with Crippen molar-refractivity contribution in [3.05, 3.63) is 83.7 Å². The summed E-state index contributed by atoms with van der Waals surface area (Å²) < 4.78 is 24.4. The van der Waals surface area contributed by atoms with Gasteiger partial charge >= 0.3 is 0 Å². The van der Waals surface area contributed by atoms with Crippen LogP contribution >= 0.6 is 0 Å². The fourth-order valence-corrected chi connectivity index (χ4v) is 3.88. The first-order valence-corrected chi connectivity index (χ1v) is 10.9. The van der Waals surface area contributed by atoms with Crippen LogP contribution in [0.4, 0.5) is 15.8 Å². The maximum Gasteiger partial charge on any atom is 0.258 e. The quantitative estimate of drug-likeness (QED) is 0.597. The number of rotatable bonds is 6. The van der Waals surface area contributed by atoms with Crippen molar-refractivity contribution in [2.24, 2.45) is 0 Å². The number of benzene rings is 3. The van der Waals surface area contributed by atoms with Gasteiger partial charge < -0.3 is 24.6 Å². The number of piperazine rings is 1. The molecule has 0 aromatic heterocycles. The van der Waals surface area contributed by atoms with Gasteiger partial charge in [0.25, 0.3) is 11.8 Å². The molecule has 0 spiro atoms. The summed E-state index contributed by atoms with van der Waals surface area (Å²) in [5.74, 6) is 0.0265. The van der Waals surface area contributed by atoms with Gasteiger partial charge in [-0.3, -0.25) is 9.59 Å². The zero-order valence-electron chi connectivity index (χ0n) is 19.1. The number of carbonyl (C=O) groups excluding carboxylic acids is 2. The lowest BCUT2D eigenvalue weighted by molar-refractivity contribution is 0.0746. The van der Waals surface area contributed by atoms with Gasteiger partial charge in [-0.1, -0.05) is 12.1 Å². The summed E-state index contributed by atoms with van der Waals surface area (Å²) in [5.41, 5.74) is 2.09. The second-order valence-corrected chi connectivity index (χ2v) is 7.86. The van der Waals surface area contributed by atoms with E-state index in [2.05, 4.69) is 10.2 Å². The highest BCUT2D eigenvalue weighted by Gasteiger charge is 2.23. The minimum atomic E-state index is -0.559. The summed E-state index contributed by atoms with van der Waals surface area (Å²) in [7, 11) is 3.11. The van der Waals surface area contributed by atoms with Crippen LogP contribution < -0.4 is 19.7 Å². The maximum absolute atomic E-state index is 13.8. The van der Waals surface area contributed by atoms with E-state index in [0.29, 0.717) is 48.9 Å². The van der Waals surface area contributed by atoms with Crippen LogP contribution in [0.25, 0.3) is 0 Å². The number of carbonyl (C=O) groups is 2. The van der Waals surface area contributed by atoms with E-state index in [1.165, 1.54) is 12.1 Å². The number of nitrogens with one attached hydrogen (secondary N) is 1. The third-order valence-electron chi connectivity index (χ3n) is 5.77. The molecule has 1 N–H and O–H groups in total. The number of hydrogen-bond donors (Lipinski definition) is 1. The molecular weight excluding hydrogens is 437 g/mol. The molecule has 0 saturated carbocycles. The Morgan fingerprint density at radius 2 is 1.47 bits per heavy atom. The predicted octanol–water partition coefficient (Wildman–Crippen LogP) is 4.06. The molecule has 3 aromatic rings. The zero-order valence-corrected chi connectivity index (χ0v) is 19.1. The zero-order chi connectivity index (χ0) is 24.1. The maximum atomic E-state index is 13.8. The summed E-state index contributed by atoms with van der Waals surface area (Å²) >= 11 is 0. The van der Waals surface area contributed by atoms with Crippen molar-refractivity contribution in [1.82, 2.24) is 4.90 Å². The Balaban J connectivity index is 1.36. The van der Waals surface area contributed by atoms with Crippen molar-refractivity contribution < 1.29 is 23.5 Å². The van der Waals surface area contributed by atoms with Crippen LogP contribution in [-0.4, -0.2) is 57.1 Å². The second kappa shape index (κ2) is 10.2. The van der Waals surface area contributed by atoms with E-state index in [-0.39, 0.29) is 11.5 Å². The van der Waals surface area contributed by atoms with Gasteiger partial charge in [0, 0.05) is 49.2 Å². The molecule has 0 unspecified atom stereocenters. The van der Waals surface area contributed by atoms with Gasteiger partial charge in [-0.2, -0.15) is 0 Å². The molecule has 176 valence electrons. The topological polar surface area (TPSA) is 71.1 Å². The first-order valence-electron chi connectivity index (χ1n) is 10.9. The monoisotopic (exact) mass is 463 g/mol. The smallest absolute Gasteiger partial charge is 0.258 e. The van der Waals surface area contributed by atoms with E-state index in [1.807, 2.05) is 17.0 Å². The van der Waals surface area contributed by atoms with Gasteiger partial charge in [0.15, 0.2) is 0 Å². The molecule has 34 heavy (non-hydrogen) atoms. The van der Waals surface area contributed by atoms with Gasteiger partial charge in [-0.15, -0.1) is 0 Å². The lowest BCUT2D eigenvalue weighted by Gasteiger charge is -2.36. The Hall–Kier alpha value is -4.07. The molecule has 1 aliphatic heterocycles. The van der Waals surface area contributed by atoms with Crippen LogP contribution in [0, 0.1) is 5.82 Å². The Labute approximate surface area is 197 Å². The van der Waals surface area contributed by atoms with E-state index in [4.69, 9.17) is 9.47 Å². The number of methoxy groups -OCH3 is 2. The van der Waals surface area contributed by atoms with E-state index >= 15 is 0 Å². The van der Waals surface area contributed by atoms with Crippen LogP contribution in [0.15, 0.2) is 66.7 Å². The Morgan fingerprint density at radius 3 is 2.06 bits per heavy atom. The van der Waals surface area contributed by atoms with E-state index in [9.17, 15) is 14.0 Å². The molecule has 2 amide bonds. The first-order chi connectivity index (χ1) is 16.5. The molecule has 0 radical (unpaired) electrons. The number of ether oxygens (including phenoxy) is 2. The van der Waals surface area contributed by atoms with E-state index in [0.717, 1.165) is 5.69 Å². The molecule has 7 nitrogen and oxygen atoms in total. The standard InChI is InChI=1S/C26H26FN3O4/c1-33-21-15-18(16-22(17-21)34-2)26(32)30-13-11-29(12-14-30)20-9-7-19(8-10-20)28-25(31)23-5-3-4-6-24(23)27/h3-10,15-17H,11-14H2,1-2H3,(H,28,31). The Kier molecular flexibility index (Phi) is 6.96. The highest BCUT2D eigenvalue weighted by Crippen LogP contribution is 2.25. The van der Waals surface area contributed by atoms with Crippen molar-refractivity contribution in [3.8, 4) is 11.5 Å². The molecule has 4 rings (SSSR count). The molecule has 0 atom stereocenters. The van der Waals surface area contributed by atoms with E-state index < -0.39 is 11.7 Å². The van der Waals surface area contributed by atoms with Gasteiger partial charge in [-0.25, -0.2) is 4.39 Å². The molecule has 0 aliphatic carbocycles. The van der Waals surface area contributed by atoms with Crippen molar-refractivity contribution in [3.63, 3.8) is 0 Å². The van der Waals surface area contributed by atoms with Crippen LogP contribution in [0.3, 0.4) is 0 Å². The minimum Gasteiger partial charge on any atom is -0.497 e. The largest absolute Gasteiger partial charge is 0.497 e. The van der Waals surface area contributed by atoms with Crippen LogP contribution in [0.2, 0.25) is 0 Å². The third-order valence-corrected chi connectivity index (χ3v) is 5.77. The molecule has 1 aliphatic rings. The van der Waals surface area contributed by atoms with Crippen LogP contribution in [-0.2, 0) is 0 Å². The molecule has 3 aromatic carbocycles. The molecule has 0 bridgehead atoms. The fraction of sp³-hybridized carbons (Fsp3) is 0.231. The van der Waals surface area contributed by atoms with Gasteiger partial charge in [0.1, 0.15) is 17.3 Å². The number of nitrogens with zero attached hydrogens (tertiary/aromatic N) is 2. The first kappa shape index (κ1) is 23.1. The summed E-state index contributed by atoms with van der Waals surface area (Å²) in [6, 6.07) is 18.4. The number of halogens is 1. The number of anilines is 2. The molecular formula is C26H26FN3O4. The van der Waals surface area contributed by atoms with Crippen LogP contribution in [0.1, 0.15) is 20.7 Å². The second-order valence-electron chi connectivity index (χ2n) is 7.86. The average Bonchev–Trinajstić information content (AvgIpc) is 2.88. The summed E-state index contributed by atoms with van der Waals surface area (Å²) in [6.45, 7) is 2.50. The summed E-state index contributed by atoms with van der Waals surface area (Å²) in [6.07, 6.45) is 0. The molecule has 8 heteroatoms. The Morgan fingerprint density at radius 1 is 0.853 bits per heavy atom. The lowest BCUT2D eigenvalue weighted by Crippen LogP contribution is -2.48. The highest BCUT2D eigenvalue weighted by atomic mass is 19.1. The molecule has 1 saturated heterocycles. The number of amides is 2. The minimum absolute atomic E-state index is 0.000946.